The van der Waals surface area contributed by atoms with Gasteiger partial charge in [-0.2, -0.15) is 16.8 Å². The van der Waals surface area contributed by atoms with Gasteiger partial charge in [0.1, 0.15) is 42.7 Å². The molecule has 0 aliphatic carbocycles. The van der Waals surface area contributed by atoms with Crippen LogP contribution >= 0.6 is 0 Å². The Labute approximate surface area is 203 Å². The maximum Gasteiger partial charge on any atom is 0.397 e. The van der Waals surface area contributed by atoms with Crippen molar-refractivity contribution in [3.8, 4) is 0 Å². The second-order valence-electron chi connectivity index (χ2n) is 7.51. The number of aliphatic hydroxyl groups is 4. The Hall–Kier alpha value is -1.60. The van der Waals surface area contributed by atoms with E-state index in [0.717, 1.165) is 14.0 Å². The number of methoxy groups -OCH3 is 1. The first kappa shape index (κ1) is 30.6. The second kappa shape index (κ2) is 11.8. The van der Waals surface area contributed by atoms with Crippen molar-refractivity contribution in [1.82, 2.24) is 5.32 Å². The van der Waals surface area contributed by atoms with Crippen LogP contribution in [0.3, 0.4) is 0 Å². The van der Waals surface area contributed by atoms with Crippen molar-refractivity contribution in [2.45, 2.75) is 68.3 Å². The van der Waals surface area contributed by atoms with E-state index in [1.54, 1.807) is 0 Å². The minimum absolute atomic E-state index is 0.795. The van der Waals surface area contributed by atoms with E-state index in [-0.39, 0.29) is 0 Å². The Morgan fingerprint density at radius 1 is 0.917 bits per heavy atom. The molecule has 21 heteroatoms. The van der Waals surface area contributed by atoms with E-state index in [9.17, 15) is 46.9 Å². The van der Waals surface area contributed by atoms with Crippen molar-refractivity contribution in [3.05, 3.63) is 0 Å². The molecule has 7 N–H and O–H groups in total. The standard InChI is InChI=1S/C15H25NO18S2/c1-4(17)16-6-10(7(18)5(31-13(6)21)3-30-35(23,24)25)32-15-9(20)11(34-36(26,27)28)8(19)12(33-15)14(22)29-2/h5-13,15,18-21H,3H2,1-2H3,(H,16,17)(H,23,24,25)(H,26,27,28)/t5-,6-,7-,8+,9-,10-,11+,12+,13-,15-/m1/s1. The van der Waals surface area contributed by atoms with Gasteiger partial charge in [0.15, 0.2) is 18.7 Å². The summed E-state index contributed by atoms with van der Waals surface area (Å²) in [6.45, 7) is -0.0783. The predicted octanol–water partition coefficient (Wildman–Crippen LogP) is -5.42. The number of hydrogen-bond donors (Lipinski definition) is 7. The number of amides is 1. The fourth-order valence-corrected chi connectivity index (χ4v) is 4.26. The molecule has 2 aliphatic heterocycles. The lowest BCUT2D eigenvalue weighted by molar-refractivity contribution is -0.334. The summed E-state index contributed by atoms with van der Waals surface area (Å²) in [5, 5.41) is 43.8. The maximum absolute atomic E-state index is 12.0. The van der Waals surface area contributed by atoms with E-state index >= 15 is 0 Å². The van der Waals surface area contributed by atoms with Crippen molar-refractivity contribution in [3.63, 3.8) is 0 Å². The molecule has 0 aromatic heterocycles. The predicted molar refractivity (Wildman–Crippen MR) is 106 cm³/mol. The molecule has 210 valence electrons. The molecule has 2 fully saturated rings. The minimum atomic E-state index is -5.32. The molecule has 0 aromatic rings. The number of rotatable bonds is 9. The molecule has 36 heavy (non-hydrogen) atoms. The zero-order valence-corrected chi connectivity index (χ0v) is 20.0. The second-order valence-corrected chi connectivity index (χ2v) is 9.65. The molecule has 0 aromatic carbocycles. The van der Waals surface area contributed by atoms with Gasteiger partial charge in [-0.05, 0) is 0 Å². The fourth-order valence-electron chi connectivity index (χ4n) is 3.44. The van der Waals surface area contributed by atoms with E-state index in [1.807, 2.05) is 0 Å². The van der Waals surface area contributed by atoms with Gasteiger partial charge in [0.2, 0.25) is 5.91 Å². The zero-order valence-electron chi connectivity index (χ0n) is 18.4. The highest BCUT2D eigenvalue weighted by molar-refractivity contribution is 7.81. The molecule has 0 spiro atoms. The summed E-state index contributed by atoms with van der Waals surface area (Å²) in [6.07, 6.45) is -18.7. The Balaban J connectivity index is 2.40. The number of esters is 1. The van der Waals surface area contributed by atoms with Gasteiger partial charge in [-0.3, -0.25) is 13.9 Å². The highest BCUT2D eigenvalue weighted by Crippen LogP contribution is 2.31. The maximum atomic E-state index is 12.0. The third kappa shape index (κ3) is 7.95. The Kier molecular flexibility index (Phi) is 10.1. The lowest BCUT2D eigenvalue weighted by Gasteiger charge is -2.46. The van der Waals surface area contributed by atoms with Crippen molar-refractivity contribution in [2.75, 3.05) is 13.7 Å². The molecule has 2 heterocycles. The summed E-state index contributed by atoms with van der Waals surface area (Å²) in [6, 6.07) is -1.65. The average molecular weight is 571 g/mol. The van der Waals surface area contributed by atoms with Gasteiger partial charge < -0.3 is 44.7 Å². The van der Waals surface area contributed by atoms with Gasteiger partial charge in [0.05, 0.1) is 13.7 Å². The first-order valence-electron chi connectivity index (χ1n) is 9.76. The molecule has 2 aliphatic rings. The van der Waals surface area contributed by atoms with Crippen LogP contribution in [0.15, 0.2) is 0 Å². The Morgan fingerprint density at radius 3 is 2.03 bits per heavy atom. The quantitative estimate of drug-likeness (QED) is 0.100. The van der Waals surface area contributed by atoms with Gasteiger partial charge in [0.25, 0.3) is 0 Å². The molecule has 1 amide bonds. The molecule has 2 rings (SSSR count). The van der Waals surface area contributed by atoms with Crippen LogP contribution in [0.4, 0.5) is 0 Å². The molecule has 10 atom stereocenters. The van der Waals surface area contributed by atoms with E-state index < -0.39 is 101 Å². The van der Waals surface area contributed by atoms with Crippen LogP contribution in [0.2, 0.25) is 0 Å². The first-order chi connectivity index (χ1) is 16.4. The number of nitrogens with one attached hydrogen (secondary N) is 1. The van der Waals surface area contributed by atoms with Crippen molar-refractivity contribution in [2.24, 2.45) is 0 Å². The third-order valence-electron chi connectivity index (χ3n) is 4.94. The smallest absolute Gasteiger partial charge is 0.397 e. The summed E-state index contributed by atoms with van der Waals surface area (Å²) in [4.78, 5) is 23.6. The van der Waals surface area contributed by atoms with Gasteiger partial charge in [-0.1, -0.05) is 0 Å². The molecule has 0 saturated carbocycles. The van der Waals surface area contributed by atoms with Crippen LogP contribution in [0.5, 0.6) is 0 Å². The van der Waals surface area contributed by atoms with E-state index in [2.05, 4.69) is 18.4 Å². The van der Waals surface area contributed by atoms with Crippen LogP contribution in [0.1, 0.15) is 6.92 Å². The topological polar surface area (TPSA) is 291 Å². The highest BCUT2D eigenvalue weighted by Gasteiger charge is 2.54. The lowest BCUT2D eigenvalue weighted by Crippen LogP contribution is -2.68. The van der Waals surface area contributed by atoms with Crippen LogP contribution in [-0.4, -0.2) is 133 Å². The lowest BCUT2D eigenvalue weighted by atomic mass is 9.95. The summed E-state index contributed by atoms with van der Waals surface area (Å²) in [5.74, 6) is -2.10. The number of aliphatic hydroxyl groups excluding tert-OH is 4. The largest absolute Gasteiger partial charge is 0.467 e. The van der Waals surface area contributed by atoms with Crippen LogP contribution in [0.25, 0.3) is 0 Å². The minimum Gasteiger partial charge on any atom is -0.467 e. The summed E-state index contributed by atoms with van der Waals surface area (Å²) >= 11 is 0. The summed E-state index contributed by atoms with van der Waals surface area (Å²) < 4.78 is 90.1. The van der Waals surface area contributed by atoms with Crippen molar-refractivity contribution in [1.29, 1.82) is 0 Å². The summed E-state index contributed by atoms with van der Waals surface area (Å²) in [5.41, 5.74) is 0. The van der Waals surface area contributed by atoms with E-state index in [1.165, 1.54) is 0 Å². The average Bonchev–Trinajstić information content (AvgIpc) is 2.74. The number of hydrogen-bond acceptors (Lipinski definition) is 16. The van der Waals surface area contributed by atoms with Crippen LogP contribution in [-0.2, 0) is 57.7 Å². The van der Waals surface area contributed by atoms with Gasteiger partial charge in [0, 0.05) is 6.92 Å². The van der Waals surface area contributed by atoms with Crippen molar-refractivity contribution >= 4 is 32.7 Å². The molecule has 0 radical (unpaired) electrons. The number of carbonyl (C=O) groups excluding carboxylic acids is 2. The molecule has 0 unspecified atom stereocenters. The Morgan fingerprint density at radius 2 is 1.53 bits per heavy atom. The molecule has 2 saturated heterocycles. The SMILES string of the molecule is COC(=O)[C@H]1O[C@@H](O[C@H]2[C@H](O)[C@@H](COS(=O)(=O)O)O[C@@H](O)[C@@H]2NC(C)=O)[C@H](O)[C@@H](OS(=O)(=O)O)[C@@H]1O. The molecular weight excluding hydrogens is 546 g/mol. The zero-order chi connectivity index (χ0) is 27.6. The monoisotopic (exact) mass is 571 g/mol. The molecule has 0 bridgehead atoms. The Bertz CT molecular complexity index is 1000. The van der Waals surface area contributed by atoms with Gasteiger partial charge in [-0.25, -0.2) is 13.2 Å². The number of carbonyl (C=O) groups is 2. The van der Waals surface area contributed by atoms with Crippen LogP contribution in [0, 0.1) is 0 Å². The molecular formula is C15H25NO18S2. The highest BCUT2D eigenvalue weighted by atomic mass is 32.3. The molecule has 19 nitrogen and oxygen atoms in total. The van der Waals surface area contributed by atoms with Gasteiger partial charge >= 0.3 is 26.8 Å². The normalized spacial score (nSPS) is 37.8. The van der Waals surface area contributed by atoms with Crippen molar-refractivity contribution < 1.29 is 83.3 Å². The fraction of sp³-hybridized carbons (Fsp3) is 0.867. The first-order valence-corrected chi connectivity index (χ1v) is 12.5. The third-order valence-corrected chi connectivity index (χ3v) is 5.84. The van der Waals surface area contributed by atoms with Gasteiger partial charge in [-0.15, -0.1) is 0 Å². The van der Waals surface area contributed by atoms with Crippen LogP contribution < -0.4 is 5.32 Å². The van der Waals surface area contributed by atoms with E-state index in [0.29, 0.717) is 0 Å². The summed E-state index contributed by atoms with van der Waals surface area (Å²) in [7, 11) is -9.49. The van der Waals surface area contributed by atoms with E-state index in [4.69, 9.17) is 23.3 Å². The number of ether oxygens (including phenoxy) is 4.